The molecule has 0 nitrogen and oxygen atoms in total. The maximum Gasteiger partial charge on any atom is 0.0399 e. The summed E-state index contributed by atoms with van der Waals surface area (Å²) in [7, 11) is 0. The van der Waals surface area contributed by atoms with Crippen LogP contribution in [0.4, 0.5) is 0 Å². The van der Waals surface area contributed by atoms with Gasteiger partial charge in [0, 0.05) is 5.38 Å². The lowest BCUT2D eigenvalue weighted by atomic mass is 9.99. The van der Waals surface area contributed by atoms with E-state index in [0.29, 0.717) is 5.92 Å². The highest BCUT2D eigenvalue weighted by molar-refractivity contribution is 6.20. The first-order valence-corrected chi connectivity index (χ1v) is 5.23. The quantitative estimate of drug-likeness (QED) is 0.646. The van der Waals surface area contributed by atoms with Crippen molar-refractivity contribution in [1.82, 2.24) is 0 Å². The Morgan fingerprint density at radius 3 is 2.38 bits per heavy atom. The second-order valence-corrected chi connectivity index (χ2v) is 4.45. The van der Waals surface area contributed by atoms with Crippen LogP contribution in [-0.2, 0) is 6.42 Å². The number of rotatable bonds is 3. The Morgan fingerprint density at radius 1 is 1.23 bits per heavy atom. The Bertz CT molecular complexity index is 266. The van der Waals surface area contributed by atoms with Crippen LogP contribution in [0, 0.1) is 12.8 Å². The zero-order chi connectivity index (χ0) is 9.84. The van der Waals surface area contributed by atoms with Crippen LogP contribution in [-0.4, -0.2) is 5.38 Å². The van der Waals surface area contributed by atoms with Gasteiger partial charge in [-0.3, -0.25) is 0 Å². The lowest BCUT2D eigenvalue weighted by molar-refractivity contribution is 0.595. The average molecular weight is 197 g/mol. The van der Waals surface area contributed by atoms with Gasteiger partial charge in [0.15, 0.2) is 0 Å². The highest BCUT2D eigenvalue weighted by atomic mass is 35.5. The van der Waals surface area contributed by atoms with Gasteiger partial charge in [0.2, 0.25) is 0 Å². The minimum absolute atomic E-state index is 0.251. The minimum atomic E-state index is 0.251. The van der Waals surface area contributed by atoms with Gasteiger partial charge < -0.3 is 0 Å². The first-order chi connectivity index (χ1) is 6.11. The van der Waals surface area contributed by atoms with Gasteiger partial charge in [-0.1, -0.05) is 38.1 Å². The molecular weight excluding hydrogens is 180 g/mol. The second kappa shape index (κ2) is 4.66. The van der Waals surface area contributed by atoms with Crippen LogP contribution < -0.4 is 0 Å². The van der Waals surface area contributed by atoms with Gasteiger partial charge in [0.05, 0.1) is 0 Å². The van der Waals surface area contributed by atoms with Crippen molar-refractivity contribution in [3.63, 3.8) is 0 Å². The summed E-state index contributed by atoms with van der Waals surface area (Å²) in [6, 6.07) is 8.44. The van der Waals surface area contributed by atoms with Crippen LogP contribution in [0.15, 0.2) is 24.3 Å². The van der Waals surface area contributed by atoms with Gasteiger partial charge in [0.1, 0.15) is 0 Å². The van der Waals surface area contributed by atoms with Gasteiger partial charge in [-0.05, 0) is 30.4 Å². The van der Waals surface area contributed by atoms with Crippen LogP contribution in [0.3, 0.4) is 0 Å². The van der Waals surface area contributed by atoms with E-state index in [-0.39, 0.29) is 5.38 Å². The number of hydrogen-bond acceptors (Lipinski definition) is 0. The van der Waals surface area contributed by atoms with Gasteiger partial charge in [0.25, 0.3) is 0 Å². The molecule has 0 aliphatic carbocycles. The summed E-state index contributed by atoms with van der Waals surface area (Å²) in [6.45, 7) is 6.46. The Hall–Kier alpha value is -0.490. The molecule has 0 aliphatic heterocycles. The molecule has 0 fully saturated rings. The van der Waals surface area contributed by atoms with Crippen LogP contribution in [0.25, 0.3) is 0 Å². The van der Waals surface area contributed by atoms with Crippen LogP contribution in [0.2, 0.25) is 0 Å². The molecule has 0 amide bonds. The smallest absolute Gasteiger partial charge is 0.0399 e. The van der Waals surface area contributed by atoms with Crippen LogP contribution in [0.1, 0.15) is 25.0 Å². The van der Waals surface area contributed by atoms with Crippen molar-refractivity contribution in [2.75, 3.05) is 0 Å². The first kappa shape index (κ1) is 10.6. The topological polar surface area (TPSA) is 0 Å². The van der Waals surface area contributed by atoms with E-state index in [0.717, 1.165) is 6.42 Å². The lowest BCUT2D eigenvalue weighted by Crippen LogP contribution is -2.11. The van der Waals surface area contributed by atoms with Crippen LogP contribution in [0.5, 0.6) is 0 Å². The fraction of sp³-hybridized carbons (Fsp3) is 0.500. The molecule has 13 heavy (non-hydrogen) atoms. The van der Waals surface area contributed by atoms with E-state index in [4.69, 9.17) is 11.6 Å². The predicted octanol–water partition coefficient (Wildman–Crippen LogP) is 3.80. The largest absolute Gasteiger partial charge is 0.122 e. The Labute approximate surface area is 85.9 Å². The molecule has 72 valence electrons. The Balaban J connectivity index is 2.69. The molecule has 0 saturated heterocycles. The molecule has 1 aromatic carbocycles. The minimum Gasteiger partial charge on any atom is -0.122 e. The standard InChI is InChI=1S/C12H17Cl/c1-9(2)12(13)8-11-7-5-4-6-10(11)3/h4-7,9,12H,8H2,1-3H3. The van der Waals surface area contributed by atoms with Gasteiger partial charge >= 0.3 is 0 Å². The summed E-state index contributed by atoms with van der Waals surface area (Å²) in [4.78, 5) is 0. The fourth-order valence-corrected chi connectivity index (χ4v) is 1.45. The second-order valence-electron chi connectivity index (χ2n) is 3.89. The molecule has 1 heteroatoms. The molecule has 0 saturated carbocycles. The van der Waals surface area contributed by atoms with Gasteiger partial charge in [-0.25, -0.2) is 0 Å². The lowest BCUT2D eigenvalue weighted by Gasteiger charge is -2.14. The molecule has 0 heterocycles. The fourth-order valence-electron chi connectivity index (χ4n) is 1.28. The molecular formula is C12H17Cl. The third-order valence-electron chi connectivity index (χ3n) is 2.40. The molecule has 0 N–H and O–H groups in total. The Kier molecular flexibility index (Phi) is 3.80. The molecule has 0 aromatic heterocycles. The van der Waals surface area contributed by atoms with Gasteiger partial charge in [-0.15, -0.1) is 11.6 Å². The maximum atomic E-state index is 6.22. The van der Waals surface area contributed by atoms with Crippen molar-refractivity contribution in [3.05, 3.63) is 35.4 Å². The summed E-state index contributed by atoms with van der Waals surface area (Å²) in [5.74, 6) is 0.543. The summed E-state index contributed by atoms with van der Waals surface area (Å²) in [5.41, 5.74) is 2.71. The summed E-state index contributed by atoms with van der Waals surface area (Å²) < 4.78 is 0. The molecule has 0 radical (unpaired) electrons. The molecule has 0 aliphatic rings. The molecule has 1 atom stereocenters. The third kappa shape index (κ3) is 3.04. The normalized spacial score (nSPS) is 13.3. The van der Waals surface area contributed by atoms with Crippen molar-refractivity contribution in [1.29, 1.82) is 0 Å². The van der Waals surface area contributed by atoms with E-state index in [2.05, 4.69) is 45.0 Å². The van der Waals surface area contributed by atoms with Crippen molar-refractivity contribution >= 4 is 11.6 Å². The van der Waals surface area contributed by atoms with Crippen LogP contribution >= 0.6 is 11.6 Å². The molecule has 0 spiro atoms. The Morgan fingerprint density at radius 2 is 1.85 bits per heavy atom. The highest BCUT2D eigenvalue weighted by Gasteiger charge is 2.10. The summed E-state index contributed by atoms with van der Waals surface area (Å²) in [5, 5.41) is 0.251. The van der Waals surface area contributed by atoms with E-state index in [1.165, 1.54) is 11.1 Å². The van der Waals surface area contributed by atoms with Crippen molar-refractivity contribution in [2.45, 2.75) is 32.6 Å². The van der Waals surface area contributed by atoms with E-state index >= 15 is 0 Å². The SMILES string of the molecule is Cc1ccccc1CC(Cl)C(C)C. The number of hydrogen-bond donors (Lipinski definition) is 0. The predicted molar refractivity (Wildman–Crippen MR) is 59.4 cm³/mol. The first-order valence-electron chi connectivity index (χ1n) is 4.80. The third-order valence-corrected chi connectivity index (χ3v) is 3.06. The van der Waals surface area contributed by atoms with Crippen molar-refractivity contribution < 1.29 is 0 Å². The maximum absolute atomic E-state index is 6.22. The molecule has 1 rings (SSSR count). The van der Waals surface area contributed by atoms with E-state index < -0.39 is 0 Å². The zero-order valence-corrected chi connectivity index (χ0v) is 9.31. The number of aryl methyl sites for hydroxylation is 1. The summed E-state index contributed by atoms with van der Waals surface area (Å²) in [6.07, 6.45) is 0.978. The summed E-state index contributed by atoms with van der Waals surface area (Å²) >= 11 is 6.22. The van der Waals surface area contributed by atoms with E-state index in [1.807, 2.05) is 0 Å². The van der Waals surface area contributed by atoms with Crippen molar-refractivity contribution in [2.24, 2.45) is 5.92 Å². The van der Waals surface area contributed by atoms with Crippen molar-refractivity contribution in [3.8, 4) is 0 Å². The van der Waals surface area contributed by atoms with Gasteiger partial charge in [-0.2, -0.15) is 0 Å². The molecule has 1 aromatic rings. The number of halogens is 1. The number of benzene rings is 1. The van der Waals surface area contributed by atoms with E-state index in [9.17, 15) is 0 Å². The molecule has 0 bridgehead atoms. The highest BCUT2D eigenvalue weighted by Crippen LogP contribution is 2.18. The monoisotopic (exact) mass is 196 g/mol. The van der Waals surface area contributed by atoms with E-state index in [1.54, 1.807) is 0 Å². The zero-order valence-electron chi connectivity index (χ0n) is 8.55. The average Bonchev–Trinajstić information content (AvgIpc) is 2.08. The number of alkyl halides is 1. The molecule has 1 unspecified atom stereocenters.